The molecule has 10 heteroatoms. The molecule has 4 heterocycles. The third-order valence-corrected chi connectivity index (χ3v) is 6.51. The monoisotopic (exact) mass is 453 g/mol. The van der Waals surface area contributed by atoms with E-state index in [0.29, 0.717) is 28.7 Å². The summed E-state index contributed by atoms with van der Waals surface area (Å²) in [7, 11) is 0. The van der Waals surface area contributed by atoms with Crippen LogP contribution in [-0.2, 0) is 4.79 Å². The minimum absolute atomic E-state index is 0.0903. The molecule has 1 aliphatic heterocycles. The van der Waals surface area contributed by atoms with Gasteiger partial charge in [0.15, 0.2) is 5.82 Å². The number of furan rings is 1. The number of nitrogens with one attached hydrogen (secondary N) is 1. The van der Waals surface area contributed by atoms with Crippen LogP contribution in [-0.4, -0.2) is 37.6 Å². The average molecular weight is 454 g/mol. The molecule has 5 rings (SSSR count). The highest BCUT2D eigenvalue weighted by molar-refractivity contribution is 7.99. The number of nitrogens with zero attached hydrogens (tertiary/aromatic N) is 4. The summed E-state index contributed by atoms with van der Waals surface area (Å²) in [5, 5.41) is 15.2. The number of halogens is 1. The lowest BCUT2D eigenvalue weighted by molar-refractivity contribution is -0.130. The fourth-order valence-electron chi connectivity index (χ4n) is 3.31. The van der Waals surface area contributed by atoms with Crippen LogP contribution in [0.4, 0.5) is 4.39 Å². The number of carbonyl (C=O) groups excluding carboxylic acids is 1. The Morgan fingerprint density at radius 2 is 2.16 bits per heavy atom. The first-order chi connectivity index (χ1) is 15.2. The summed E-state index contributed by atoms with van der Waals surface area (Å²) >= 11 is 2.76. The van der Waals surface area contributed by atoms with E-state index in [-0.39, 0.29) is 23.5 Å². The zero-order valence-electron chi connectivity index (χ0n) is 16.1. The second kappa shape index (κ2) is 8.48. The van der Waals surface area contributed by atoms with E-state index in [1.54, 1.807) is 41.9 Å². The molecule has 1 atom stereocenters. The van der Waals surface area contributed by atoms with Gasteiger partial charge in [-0.3, -0.25) is 9.89 Å². The number of benzene rings is 1. The average Bonchev–Trinajstić information content (AvgIpc) is 3.57. The largest absolute Gasteiger partial charge is 0.467 e. The predicted octanol–water partition coefficient (Wildman–Crippen LogP) is 4.74. The molecule has 0 saturated carbocycles. The van der Waals surface area contributed by atoms with Gasteiger partial charge in [0.25, 0.3) is 5.91 Å². The Morgan fingerprint density at radius 3 is 2.94 bits per heavy atom. The number of hydrogen-bond acceptors (Lipinski definition) is 7. The van der Waals surface area contributed by atoms with Crippen molar-refractivity contribution in [1.29, 1.82) is 0 Å². The number of amides is 1. The van der Waals surface area contributed by atoms with Gasteiger partial charge in [0.05, 0.1) is 28.2 Å². The standard InChI is InChI=1S/C21H16FN5O2S2/c22-14-6-2-1-5-13(14)20-23-21(25-24-20)31-12-19(28)27-16(17-7-3-9-29-17)11-15(26-27)18-8-4-10-30-18/h1-10,16H,11-12H2,(H,23,24,25)/t16-/m0/s1. The lowest BCUT2D eigenvalue weighted by atomic mass is 10.1. The molecule has 0 unspecified atom stereocenters. The fourth-order valence-corrected chi connectivity index (χ4v) is 4.68. The van der Waals surface area contributed by atoms with Gasteiger partial charge in [-0.2, -0.15) is 5.10 Å². The highest BCUT2D eigenvalue weighted by Gasteiger charge is 2.35. The van der Waals surface area contributed by atoms with Crippen LogP contribution in [0.1, 0.15) is 23.1 Å². The Kier molecular flexibility index (Phi) is 5.39. The van der Waals surface area contributed by atoms with Gasteiger partial charge >= 0.3 is 0 Å². The van der Waals surface area contributed by atoms with Crippen LogP contribution in [0.5, 0.6) is 0 Å². The minimum Gasteiger partial charge on any atom is -0.467 e. The van der Waals surface area contributed by atoms with Gasteiger partial charge in [-0.25, -0.2) is 14.4 Å². The van der Waals surface area contributed by atoms with Crippen molar-refractivity contribution in [1.82, 2.24) is 20.2 Å². The van der Waals surface area contributed by atoms with E-state index in [4.69, 9.17) is 4.42 Å². The highest BCUT2D eigenvalue weighted by atomic mass is 32.2. The van der Waals surface area contributed by atoms with Crippen molar-refractivity contribution >= 4 is 34.7 Å². The van der Waals surface area contributed by atoms with E-state index in [9.17, 15) is 9.18 Å². The topological polar surface area (TPSA) is 87.4 Å². The summed E-state index contributed by atoms with van der Waals surface area (Å²) in [4.78, 5) is 18.3. The molecule has 156 valence electrons. The maximum Gasteiger partial charge on any atom is 0.253 e. The number of aromatic amines is 1. The predicted molar refractivity (Wildman–Crippen MR) is 116 cm³/mol. The Labute approximate surface area is 185 Å². The summed E-state index contributed by atoms with van der Waals surface area (Å²) in [5.41, 5.74) is 1.19. The number of aromatic nitrogens is 3. The van der Waals surface area contributed by atoms with Crippen LogP contribution in [0.2, 0.25) is 0 Å². The number of thiophene rings is 1. The van der Waals surface area contributed by atoms with E-state index < -0.39 is 0 Å². The normalized spacial score (nSPS) is 16.0. The van der Waals surface area contributed by atoms with Crippen LogP contribution in [0.25, 0.3) is 11.4 Å². The van der Waals surface area contributed by atoms with Crippen molar-refractivity contribution in [2.45, 2.75) is 17.6 Å². The van der Waals surface area contributed by atoms with Crippen LogP contribution in [0, 0.1) is 5.82 Å². The third kappa shape index (κ3) is 4.04. The van der Waals surface area contributed by atoms with Crippen molar-refractivity contribution in [2.24, 2.45) is 5.10 Å². The third-order valence-electron chi connectivity index (χ3n) is 4.76. The van der Waals surface area contributed by atoms with Crippen LogP contribution in [0.15, 0.2) is 74.8 Å². The van der Waals surface area contributed by atoms with Crippen molar-refractivity contribution in [2.75, 3.05) is 5.75 Å². The van der Waals surface area contributed by atoms with Gasteiger partial charge in [-0.1, -0.05) is 30.0 Å². The fraction of sp³-hybridized carbons (Fsp3) is 0.143. The second-order valence-electron chi connectivity index (χ2n) is 6.73. The molecule has 7 nitrogen and oxygen atoms in total. The van der Waals surface area contributed by atoms with Gasteiger partial charge < -0.3 is 4.42 Å². The van der Waals surface area contributed by atoms with Gasteiger partial charge in [-0.05, 0) is 35.7 Å². The van der Waals surface area contributed by atoms with Crippen molar-refractivity contribution < 1.29 is 13.6 Å². The summed E-state index contributed by atoms with van der Waals surface area (Å²) in [6.45, 7) is 0. The zero-order chi connectivity index (χ0) is 21.2. The first kappa shape index (κ1) is 19.7. The highest BCUT2D eigenvalue weighted by Crippen LogP contribution is 2.34. The molecule has 3 aromatic heterocycles. The first-order valence-corrected chi connectivity index (χ1v) is 11.3. The van der Waals surface area contributed by atoms with Gasteiger partial charge in [-0.15, -0.1) is 16.4 Å². The molecule has 0 spiro atoms. The Morgan fingerprint density at radius 1 is 1.26 bits per heavy atom. The van der Waals surface area contributed by atoms with Crippen LogP contribution >= 0.6 is 23.1 Å². The van der Waals surface area contributed by atoms with Gasteiger partial charge in [0, 0.05) is 6.42 Å². The first-order valence-electron chi connectivity index (χ1n) is 9.46. The molecule has 0 bridgehead atoms. The summed E-state index contributed by atoms with van der Waals surface area (Å²) in [5.74, 6) is 0.525. The molecule has 4 aromatic rings. The molecule has 1 amide bonds. The minimum atomic E-state index is -0.389. The van der Waals surface area contributed by atoms with Crippen LogP contribution in [0.3, 0.4) is 0 Å². The Hall–Kier alpha value is -3.24. The van der Waals surface area contributed by atoms with E-state index in [1.807, 2.05) is 23.6 Å². The number of carbonyl (C=O) groups is 1. The molecular weight excluding hydrogens is 437 g/mol. The second-order valence-corrected chi connectivity index (χ2v) is 8.62. The number of H-pyrrole nitrogens is 1. The molecular formula is C21H16FN5O2S2. The number of hydrazone groups is 1. The smallest absolute Gasteiger partial charge is 0.253 e. The maximum absolute atomic E-state index is 14.0. The molecule has 0 radical (unpaired) electrons. The molecule has 31 heavy (non-hydrogen) atoms. The quantitative estimate of drug-likeness (QED) is 0.426. The lowest BCUT2D eigenvalue weighted by Gasteiger charge is -2.19. The number of hydrogen-bond donors (Lipinski definition) is 1. The van der Waals surface area contributed by atoms with E-state index in [0.717, 1.165) is 10.6 Å². The Balaban J connectivity index is 1.31. The molecule has 1 aromatic carbocycles. The summed E-state index contributed by atoms with van der Waals surface area (Å²) in [6, 6.07) is 13.6. The zero-order valence-corrected chi connectivity index (χ0v) is 17.7. The maximum atomic E-state index is 14.0. The molecule has 1 aliphatic rings. The molecule has 0 aliphatic carbocycles. The SMILES string of the molecule is O=C(CSc1n[nH]c(-c2ccccc2F)n1)N1N=C(c2cccs2)C[C@H]1c1ccco1. The summed E-state index contributed by atoms with van der Waals surface area (Å²) < 4.78 is 19.5. The van der Waals surface area contributed by atoms with Crippen molar-refractivity contribution in [3.8, 4) is 11.4 Å². The molecule has 1 N–H and O–H groups in total. The van der Waals surface area contributed by atoms with E-state index in [1.165, 1.54) is 22.8 Å². The van der Waals surface area contributed by atoms with Gasteiger partial charge in [0.2, 0.25) is 5.16 Å². The van der Waals surface area contributed by atoms with Gasteiger partial charge in [0.1, 0.15) is 17.6 Å². The number of thioether (sulfide) groups is 1. The Bertz CT molecular complexity index is 1220. The van der Waals surface area contributed by atoms with Crippen molar-refractivity contribution in [3.63, 3.8) is 0 Å². The number of rotatable bonds is 6. The summed E-state index contributed by atoms with van der Waals surface area (Å²) in [6.07, 6.45) is 2.18. The van der Waals surface area contributed by atoms with E-state index >= 15 is 0 Å². The molecule has 0 fully saturated rings. The van der Waals surface area contributed by atoms with Crippen LogP contribution < -0.4 is 0 Å². The lowest BCUT2D eigenvalue weighted by Crippen LogP contribution is -2.28. The van der Waals surface area contributed by atoms with E-state index in [2.05, 4.69) is 20.3 Å². The van der Waals surface area contributed by atoms with Crippen molar-refractivity contribution in [3.05, 3.63) is 76.6 Å². The molecule has 0 saturated heterocycles.